The molecule has 3 N–H and O–H groups in total. The van der Waals surface area contributed by atoms with E-state index >= 15 is 0 Å². The number of para-hydroxylation sites is 1. The molecular formula is C36H55N7O. The molecule has 240 valence electrons. The van der Waals surface area contributed by atoms with Crippen LogP contribution in [0.1, 0.15) is 52.9 Å². The third-order valence-corrected chi connectivity index (χ3v) is 8.99. The van der Waals surface area contributed by atoms with Gasteiger partial charge in [0, 0.05) is 81.9 Å². The highest BCUT2D eigenvalue weighted by Crippen LogP contribution is 2.38. The number of likely N-dealkylation sites (tertiary alicyclic amines) is 1. The van der Waals surface area contributed by atoms with Crippen LogP contribution in [0.2, 0.25) is 0 Å². The predicted molar refractivity (Wildman–Crippen MR) is 188 cm³/mol. The number of fused-ring (bicyclic) bond motifs is 4. The fourth-order valence-electron chi connectivity index (χ4n) is 6.57. The van der Waals surface area contributed by atoms with Gasteiger partial charge in [-0.15, -0.1) is 0 Å². The number of piperazine rings is 1. The summed E-state index contributed by atoms with van der Waals surface area (Å²) >= 11 is 0. The minimum atomic E-state index is -0.135. The molecule has 6 rings (SSSR count). The summed E-state index contributed by atoms with van der Waals surface area (Å²) < 4.78 is 2.47. The van der Waals surface area contributed by atoms with Crippen molar-refractivity contribution in [1.29, 1.82) is 0 Å². The highest BCUT2D eigenvalue weighted by Gasteiger charge is 2.20. The second-order valence-electron chi connectivity index (χ2n) is 12.7. The number of pyridine rings is 1. The van der Waals surface area contributed by atoms with Crippen molar-refractivity contribution in [2.24, 2.45) is 0 Å². The number of benzene rings is 2. The van der Waals surface area contributed by atoms with E-state index in [0.29, 0.717) is 0 Å². The molecule has 2 aromatic carbocycles. The Morgan fingerprint density at radius 2 is 1.55 bits per heavy atom. The first-order valence-electron chi connectivity index (χ1n) is 17.2. The number of hydrogen-bond donors (Lipinski definition) is 3. The maximum atomic E-state index is 9.90. The second kappa shape index (κ2) is 15.9. The van der Waals surface area contributed by atoms with Crippen LogP contribution in [-0.2, 0) is 6.54 Å². The number of hydrogen-bond acceptors (Lipinski definition) is 7. The van der Waals surface area contributed by atoms with Crippen LogP contribution in [0, 0.1) is 0 Å². The van der Waals surface area contributed by atoms with Gasteiger partial charge >= 0.3 is 0 Å². The van der Waals surface area contributed by atoms with Crippen LogP contribution >= 0.6 is 0 Å². The Balaban J connectivity index is 0.00000123. The number of aryl methyl sites for hydroxylation is 1. The Bertz CT molecular complexity index is 1470. The van der Waals surface area contributed by atoms with Crippen LogP contribution in [0.3, 0.4) is 0 Å². The average molecular weight is 602 g/mol. The van der Waals surface area contributed by atoms with E-state index in [2.05, 4.69) is 100 Å². The molecule has 2 aromatic heterocycles. The van der Waals surface area contributed by atoms with E-state index < -0.39 is 0 Å². The number of anilines is 2. The largest absolute Gasteiger partial charge is 0.393 e. The number of nitrogens with one attached hydrogen (secondary N) is 2. The molecule has 0 atom stereocenters. The molecule has 2 fully saturated rings. The lowest BCUT2D eigenvalue weighted by molar-refractivity contribution is 0.0846. The molecule has 0 aliphatic carbocycles. The Morgan fingerprint density at radius 1 is 0.818 bits per heavy atom. The summed E-state index contributed by atoms with van der Waals surface area (Å²) in [4.78, 5) is 12.7. The topological polar surface area (TPSA) is 71.8 Å². The number of nitrogens with zero attached hydrogens (tertiary/aromatic N) is 5. The molecule has 8 heteroatoms. The van der Waals surface area contributed by atoms with Crippen molar-refractivity contribution in [2.45, 2.75) is 65.5 Å². The van der Waals surface area contributed by atoms with Crippen LogP contribution in [0.5, 0.6) is 0 Å². The van der Waals surface area contributed by atoms with Crippen LogP contribution in [0.15, 0.2) is 42.5 Å². The molecule has 0 unspecified atom stereocenters. The van der Waals surface area contributed by atoms with Gasteiger partial charge in [0.15, 0.2) is 0 Å². The van der Waals surface area contributed by atoms with Crippen molar-refractivity contribution in [3.05, 3.63) is 42.5 Å². The van der Waals surface area contributed by atoms with Gasteiger partial charge in [0.2, 0.25) is 0 Å². The van der Waals surface area contributed by atoms with Crippen molar-refractivity contribution < 1.29 is 5.11 Å². The number of aliphatic hydroxyl groups excluding tert-OH is 1. The van der Waals surface area contributed by atoms with Gasteiger partial charge in [-0.25, -0.2) is 4.98 Å². The van der Waals surface area contributed by atoms with E-state index in [9.17, 15) is 5.11 Å². The molecule has 0 bridgehead atoms. The molecule has 0 radical (unpaired) electrons. The minimum Gasteiger partial charge on any atom is -0.393 e. The lowest BCUT2D eigenvalue weighted by atomic mass is 10.1. The summed E-state index contributed by atoms with van der Waals surface area (Å²) in [7, 11) is 2.21. The lowest BCUT2D eigenvalue weighted by Crippen LogP contribution is -2.44. The zero-order chi connectivity index (χ0) is 30.9. The van der Waals surface area contributed by atoms with Gasteiger partial charge in [0.25, 0.3) is 0 Å². The summed E-state index contributed by atoms with van der Waals surface area (Å²) in [5, 5.41) is 19.9. The monoisotopic (exact) mass is 601 g/mol. The van der Waals surface area contributed by atoms with E-state index in [1.165, 1.54) is 65.8 Å². The van der Waals surface area contributed by atoms with Crippen LogP contribution in [0.25, 0.3) is 32.8 Å². The van der Waals surface area contributed by atoms with E-state index in [1.807, 2.05) is 0 Å². The Labute approximate surface area is 264 Å². The number of aromatic nitrogens is 2. The fraction of sp³-hybridized carbons (Fsp3) is 0.583. The molecule has 4 heterocycles. The van der Waals surface area contributed by atoms with Crippen molar-refractivity contribution in [3.8, 4) is 0 Å². The first-order chi connectivity index (χ1) is 21.5. The molecule has 2 aliphatic heterocycles. The maximum Gasteiger partial charge on any atom is 0.0989 e. The smallest absolute Gasteiger partial charge is 0.0989 e. The van der Waals surface area contributed by atoms with Crippen molar-refractivity contribution >= 4 is 44.2 Å². The average Bonchev–Trinajstić information content (AvgIpc) is 3.33. The number of rotatable bonds is 11. The number of likely N-dealkylation sites (N-methyl/N-ethyl adjacent to an activating group) is 1. The summed E-state index contributed by atoms with van der Waals surface area (Å²) in [6.07, 6.45) is 5.07. The standard InChI is InChI=1S/C33H47N7O.C3H8/c1-3-15-40-30-10-9-25(34-13-6-16-38-22-20-37(2)21-23-38)24-28(30)32-33(40)31(27-7-4-5-8-29(27)36-32)35-14-19-39-17-11-26(41)12-18-39;1-3-2/h4-5,7-10,24,26,34,41H,3,6,11-23H2,1-2H3,(H,35,36);3H2,1-2H3. The van der Waals surface area contributed by atoms with Crippen molar-refractivity contribution in [3.63, 3.8) is 0 Å². The molecule has 2 aliphatic rings. The molecule has 8 nitrogen and oxygen atoms in total. The molecule has 0 spiro atoms. The van der Waals surface area contributed by atoms with Gasteiger partial charge in [-0.05, 0) is 63.5 Å². The fourth-order valence-corrected chi connectivity index (χ4v) is 6.57. The summed E-state index contributed by atoms with van der Waals surface area (Å²) in [5.41, 5.74) is 6.93. The minimum absolute atomic E-state index is 0.135. The van der Waals surface area contributed by atoms with Crippen molar-refractivity contribution in [1.82, 2.24) is 24.3 Å². The molecule has 44 heavy (non-hydrogen) atoms. The van der Waals surface area contributed by atoms with Gasteiger partial charge in [0.05, 0.1) is 33.9 Å². The van der Waals surface area contributed by atoms with E-state index in [0.717, 1.165) is 82.5 Å². The third kappa shape index (κ3) is 7.83. The molecular weight excluding hydrogens is 546 g/mol. The lowest BCUT2D eigenvalue weighted by Gasteiger charge is -2.32. The third-order valence-electron chi connectivity index (χ3n) is 8.99. The number of aliphatic hydroxyl groups is 1. The summed E-state index contributed by atoms with van der Waals surface area (Å²) in [5.74, 6) is 0. The zero-order valence-corrected chi connectivity index (χ0v) is 27.6. The predicted octanol–water partition coefficient (Wildman–Crippen LogP) is 6.09. The van der Waals surface area contributed by atoms with Crippen molar-refractivity contribution in [2.75, 3.05) is 83.1 Å². The first kappa shape index (κ1) is 32.5. The van der Waals surface area contributed by atoms with Crippen LogP contribution in [-0.4, -0.2) is 108 Å². The van der Waals surface area contributed by atoms with Gasteiger partial charge < -0.3 is 35.0 Å². The SMILES string of the molecule is CCC.CCCn1c2ccc(NCCCN3CCN(C)CC3)cc2c2nc3ccccc3c(NCCN3CCC(O)CC3)c21. The van der Waals surface area contributed by atoms with Gasteiger partial charge in [-0.3, -0.25) is 0 Å². The highest BCUT2D eigenvalue weighted by molar-refractivity contribution is 6.16. The van der Waals surface area contributed by atoms with Gasteiger partial charge in [0.1, 0.15) is 0 Å². The highest BCUT2D eigenvalue weighted by atomic mass is 16.3. The summed E-state index contributed by atoms with van der Waals surface area (Å²) in [6, 6.07) is 15.4. The summed E-state index contributed by atoms with van der Waals surface area (Å²) in [6.45, 7) is 18.1. The Morgan fingerprint density at radius 3 is 2.30 bits per heavy atom. The quantitative estimate of drug-likeness (QED) is 0.180. The number of piperidine rings is 1. The Hall–Kier alpha value is -2.91. The second-order valence-corrected chi connectivity index (χ2v) is 12.7. The normalized spacial score (nSPS) is 17.3. The maximum absolute atomic E-state index is 9.90. The molecule has 2 saturated heterocycles. The zero-order valence-electron chi connectivity index (χ0n) is 27.6. The van der Waals surface area contributed by atoms with Gasteiger partial charge in [-0.2, -0.15) is 0 Å². The molecule has 0 amide bonds. The van der Waals surface area contributed by atoms with Gasteiger partial charge in [-0.1, -0.05) is 45.4 Å². The van der Waals surface area contributed by atoms with E-state index in [4.69, 9.17) is 4.98 Å². The Kier molecular flexibility index (Phi) is 11.7. The van der Waals surface area contributed by atoms with E-state index in [-0.39, 0.29) is 6.10 Å². The first-order valence-corrected chi connectivity index (χ1v) is 17.2. The molecule has 4 aromatic rings. The molecule has 0 saturated carbocycles. The van der Waals surface area contributed by atoms with E-state index in [1.54, 1.807) is 0 Å². The van der Waals surface area contributed by atoms with Crippen LogP contribution in [0.4, 0.5) is 11.4 Å². The van der Waals surface area contributed by atoms with Crippen LogP contribution < -0.4 is 10.6 Å².